The number of carbonyl (C=O) groups is 2. The smallest absolute Gasteiger partial charge is 0.308 e. The van der Waals surface area contributed by atoms with E-state index in [1.807, 2.05) is 13.8 Å². The van der Waals surface area contributed by atoms with Crippen molar-refractivity contribution >= 4 is 11.9 Å². The fraction of sp³-hybridized carbons (Fsp3) is 0.846. The maximum Gasteiger partial charge on any atom is 0.308 e. The Bertz CT molecular complexity index is 356. The largest absolute Gasteiger partial charge is 0.481 e. The molecule has 2 rings (SSSR count). The molecule has 5 nitrogen and oxygen atoms in total. The van der Waals surface area contributed by atoms with Gasteiger partial charge < -0.3 is 15.7 Å². The number of aliphatic carboxylic acids is 1. The van der Waals surface area contributed by atoms with Gasteiger partial charge in [-0.05, 0) is 31.6 Å². The van der Waals surface area contributed by atoms with E-state index < -0.39 is 12.0 Å². The van der Waals surface area contributed by atoms with E-state index >= 15 is 0 Å². The number of carbonyl (C=O) groups excluding carboxylic acids is 1. The zero-order valence-corrected chi connectivity index (χ0v) is 11.0. The summed E-state index contributed by atoms with van der Waals surface area (Å²) in [5.41, 5.74) is 5.93. The van der Waals surface area contributed by atoms with Crippen molar-refractivity contribution in [2.45, 2.75) is 57.7 Å². The van der Waals surface area contributed by atoms with Crippen LogP contribution in [0.4, 0.5) is 0 Å². The van der Waals surface area contributed by atoms with E-state index in [0.29, 0.717) is 18.8 Å². The quantitative estimate of drug-likeness (QED) is 0.778. The van der Waals surface area contributed by atoms with Gasteiger partial charge in [-0.25, -0.2) is 0 Å². The lowest BCUT2D eigenvalue weighted by molar-refractivity contribution is -0.143. The first-order valence-corrected chi connectivity index (χ1v) is 6.72. The molecule has 5 heteroatoms. The van der Waals surface area contributed by atoms with Gasteiger partial charge in [-0.3, -0.25) is 9.59 Å². The van der Waals surface area contributed by atoms with E-state index in [0.717, 1.165) is 12.8 Å². The first-order chi connectivity index (χ1) is 8.41. The predicted octanol–water partition coefficient (Wildman–Crippen LogP) is 0.824. The van der Waals surface area contributed by atoms with Crippen LogP contribution in [0.3, 0.4) is 0 Å². The second-order valence-electron chi connectivity index (χ2n) is 5.96. The Morgan fingerprint density at radius 3 is 2.56 bits per heavy atom. The van der Waals surface area contributed by atoms with Crippen molar-refractivity contribution in [2.75, 3.05) is 0 Å². The Morgan fingerprint density at radius 2 is 2.06 bits per heavy atom. The summed E-state index contributed by atoms with van der Waals surface area (Å²) < 4.78 is 0. The summed E-state index contributed by atoms with van der Waals surface area (Å²) >= 11 is 0. The highest BCUT2D eigenvalue weighted by Gasteiger charge is 2.51. The van der Waals surface area contributed by atoms with Crippen molar-refractivity contribution in [3.05, 3.63) is 0 Å². The van der Waals surface area contributed by atoms with Gasteiger partial charge in [-0.1, -0.05) is 13.8 Å². The highest BCUT2D eigenvalue weighted by molar-refractivity contribution is 5.84. The van der Waals surface area contributed by atoms with Gasteiger partial charge in [0.15, 0.2) is 0 Å². The lowest BCUT2D eigenvalue weighted by Gasteiger charge is -2.26. The average Bonchev–Trinajstić information content (AvgIpc) is 2.83. The fourth-order valence-corrected chi connectivity index (χ4v) is 3.40. The molecule has 4 unspecified atom stereocenters. The lowest BCUT2D eigenvalue weighted by Crippen LogP contribution is -2.47. The van der Waals surface area contributed by atoms with E-state index in [-0.39, 0.29) is 23.9 Å². The molecule has 0 radical (unpaired) electrons. The van der Waals surface area contributed by atoms with Gasteiger partial charge in [-0.2, -0.15) is 0 Å². The maximum absolute atomic E-state index is 12.3. The minimum atomic E-state index is -0.780. The van der Waals surface area contributed by atoms with Gasteiger partial charge in [0.2, 0.25) is 5.91 Å². The van der Waals surface area contributed by atoms with Crippen molar-refractivity contribution < 1.29 is 14.7 Å². The zero-order chi connectivity index (χ0) is 13.4. The van der Waals surface area contributed by atoms with Gasteiger partial charge in [-0.15, -0.1) is 0 Å². The minimum Gasteiger partial charge on any atom is -0.481 e. The van der Waals surface area contributed by atoms with Crippen LogP contribution in [0.5, 0.6) is 0 Å². The highest BCUT2D eigenvalue weighted by Crippen LogP contribution is 2.42. The SMILES string of the molecule is CC(C)CC(N)C(=O)N1C2CCC1C(C(=O)O)C2. The summed E-state index contributed by atoms with van der Waals surface area (Å²) in [7, 11) is 0. The number of nitrogens with two attached hydrogens (primary N) is 1. The molecule has 0 aromatic heterocycles. The summed E-state index contributed by atoms with van der Waals surface area (Å²) in [5.74, 6) is -0.851. The van der Waals surface area contributed by atoms with E-state index in [1.165, 1.54) is 0 Å². The molecule has 2 saturated heterocycles. The second kappa shape index (κ2) is 4.88. The molecular weight excluding hydrogens is 232 g/mol. The van der Waals surface area contributed by atoms with Gasteiger partial charge in [0, 0.05) is 12.1 Å². The van der Waals surface area contributed by atoms with Crippen molar-refractivity contribution in [2.24, 2.45) is 17.6 Å². The number of nitrogens with zero attached hydrogens (tertiary/aromatic N) is 1. The van der Waals surface area contributed by atoms with Crippen LogP contribution in [0.1, 0.15) is 39.5 Å². The fourth-order valence-electron chi connectivity index (χ4n) is 3.40. The Morgan fingerprint density at radius 1 is 1.39 bits per heavy atom. The Labute approximate surface area is 107 Å². The van der Waals surface area contributed by atoms with Crippen molar-refractivity contribution in [1.82, 2.24) is 4.90 Å². The number of hydrogen-bond donors (Lipinski definition) is 2. The number of rotatable bonds is 4. The molecule has 2 fully saturated rings. The molecule has 102 valence electrons. The number of carboxylic acids is 1. The minimum absolute atomic E-state index is 0.0556. The Kier molecular flexibility index (Phi) is 3.61. The molecule has 0 aliphatic carbocycles. The molecular formula is C13H22N2O3. The first kappa shape index (κ1) is 13.3. The maximum atomic E-state index is 12.3. The van der Waals surface area contributed by atoms with E-state index in [2.05, 4.69) is 0 Å². The number of amides is 1. The molecule has 2 aliphatic heterocycles. The molecule has 0 saturated carbocycles. The van der Waals surface area contributed by atoms with Crippen LogP contribution in [0.15, 0.2) is 0 Å². The van der Waals surface area contributed by atoms with Crippen molar-refractivity contribution in [1.29, 1.82) is 0 Å². The molecule has 0 aromatic carbocycles. The summed E-state index contributed by atoms with van der Waals surface area (Å²) in [6, 6.07) is -0.513. The molecule has 0 spiro atoms. The molecule has 0 aromatic rings. The first-order valence-electron chi connectivity index (χ1n) is 6.72. The van der Waals surface area contributed by atoms with Gasteiger partial charge >= 0.3 is 5.97 Å². The number of carboxylic acid groups (broad SMARTS) is 1. The summed E-state index contributed by atoms with van der Waals surface area (Å²) in [4.78, 5) is 25.2. The Balaban J connectivity index is 2.06. The molecule has 4 atom stereocenters. The van der Waals surface area contributed by atoms with Gasteiger partial charge in [0.1, 0.15) is 0 Å². The van der Waals surface area contributed by atoms with Crippen LogP contribution >= 0.6 is 0 Å². The Hall–Kier alpha value is -1.10. The van der Waals surface area contributed by atoms with E-state index in [1.54, 1.807) is 4.90 Å². The normalized spacial score (nSPS) is 32.0. The average molecular weight is 254 g/mol. The third-order valence-corrected chi connectivity index (χ3v) is 4.15. The lowest BCUT2D eigenvalue weighted by atomic mass is 9.89. The van der Waals surface area contributed by atoms with Crippen LogP contribution < -0.4 is 5.73 Å². The summed E-state index contributed by atoms with van der Waals surface area (Å²) in [6.07, 6.45) is 2.99. The van der Waals surface area contributed by atoms with Gasteiger partial charge in [0.25, 0.3) is 0 Å². The van der Waals surface area contributed by atoms with E-state index in [4.69, 9.17) is 10.8 Å². The summed E-state index contributed by atoms with van der Waals surface area (Å²) in [5, 5.41) is 9.15. The van der Waals surface area contributed by atoms with Crippen molar-refractivity contribution in [3.8, 4) is 0 Å². The summed E-state index contributed by atoms with van der Waals surface area (Å²) in [6.45, 7) is 4.07. The van der Waals surface area contributed by atoms with Crippen LogP contribution in [0.25, 0.3) is 0 Å². The standard InChI is InChI=1S/C13H22N2O3/c1-7(2)5-10(14)12(16)15-8-3-4-11(15)9(6-8)13(17)18/h7-11H,3-6,14H2,1-2H3,(H,17,18). The monoisotopic (exact) mass is 254 g/mol. The highest BCUT2D eigenvalue weighted by atomic mass is 16.4. The second-order valence-corrected chi connectivity index (χ2v) is 5.96. The number of fused-ring (bicyclic) bond motifs is 2. The topological polar surface area (TPSA) is 83.6 Å². The van der Waals surface area contributed by atoms with Crippen LogP contribution in [-0.2, 0) is 9.59 Å². The zero-order valence-electron chi connectivity index (χ0n) is 11.0. The third kappa shape index (κ3) is 2.23. The molecule has 2 heterocycles. The van der Waals surface area contributed by atoms with Gasteiger partial charge in [0.05, 0.1) is 12.0 Å². The molecule has 2 bridgehead atoms. The van der Waals surface area contributed by atoms with Crippen LogP contribution in [0.2, 0.25) is 0 Å². The molecule has 3 N–H and O–H groups in total. The van der Waals surface area contributed by atoms with Crippen molar-refractivity contribution in [3.63, 3.8) is 0 Å². The predicted molar refractivity (Wildman–Crippen MR) is 66.8 cm³/mol. The van der Waals surface area contributed by atoms with Crippen LogP contribution in [-0.4, -0.2) is 40.0 Å². The molecule has 2 aliphatic rings. The number of hydrogen-bond acceptors (Lipinski definition) is 3. The molecule has 18 heavy (non-hydrogen) atoms. The van der Waals surface area contributed by atoms with E-state index in [9.17, 15) is 9.59 Å². The molecule has 1 amide bonds. The third-order valence-electron chi connectivity index (χ3n) is 4.15. The van der Waals surface area contributed by atoms with Crippen LogP contribution in [0, 0.1) is 11.8 Å².